The second-order valence-corrected chi connectivity index (χ2v) is 2.26. The van der Waals surface area contributed by atoms with E-state index in [2.05, 4.69) is 4.98 Å². The van der Waals surface area contributed by atoms with E-state index in [4.69, 9.17) is 5.84 Å². The number of nitrogen functional groups attached to an aromatic ring is 1. The van der Waals surface area contributed by atoms with Crippen molar-refractivity contribution in [3.8, 4) is 0 Å². The van der Waals surface area contributed by atoms with Gasteiger partial charge in [0.2, 0.25) is 0 Å². The third-order valence-corrected chi connectivity index (χ3v) is 1.38. The van der Waals surface area contributed by atoms with Gasteiger partial charge in [-0.2, -0.15) is 0 Å². The van der Waals surface area contributed by atoms with Gasteiger partial charge in [-0.25, -0.2) is 5.84 Å². The molecule has 0 aliphatic rings. The van der Waals surface area contributed by atoms with E-state index in [1.54, 1.807) is 0 Å². The Bertz CT molecular complexity index is 357. The van der Waals surface area contributed by atoms with Crippen molar-refractivity contribution in [1.29, 1.82) is 0 Å². The van der Waals surface area contributed by atoms with Crippen LogP contribution in [0.15, 0.2) is 6.20 Å². The normalized spacial score (nSPS) is 9.69. The zero-order chi connectivity index (χ0) is 10.0. The zero-order valence-corrected chi connectivity index (χ0v) is 6.72. The van der Waals surface area contributed by atoms with E-state index in [0.717, 1.165) is 6.20 Å². The summed E-state index contributed by atoms with van der Waals surface area (Å²) in [5, 5.41) is 10.2. The van der Waals surface area contributed by atoms with Crippen molar-refractivity contribution in [3.05, 3.63) is 22.1 Å². The number of nitrogens with one attached hydrogen (secondary N) is 1. The fraction of sp³-hybridized carbons (Fsp3) is 0.200. The monoisotopic (exact) mass is 185 g/mol. The molecule has 1 aromatic rings. The van der Waals surface area contributed by atoms with Crippen LogP contribution >= 0.6 is 0 Å². The van der Waals surface area contributed by atoms with Crippen molar-refractivity contribution in [1.82, 2.24) is 15.0 Å². The van der Waals surface area contributed by atoms with Crippen molar-refractivity contribution in [3.63, 3.8) is 0 Å². The molecule has 8 heteroatoms. The zero-order valence-electron chi connectivity index (χ0n) is 6.72. The summed E-state index contributed by atoms with van der Waals surface area (Å²) in [4.78, 5) is 23.9. The molecule has 0 atom stereocenters. The summed E-state index contributed by atoms with van der Waals surface area (Å²) in [6.45, 7) is 0. The minimum atomic E-state index is -0.687. The number of nitrogens with two attached hydrogens (primary N) is 1. The fourth-order valence-corrected chi connectivity index (χ4v) is 0.814. The van der Waals surface area contributed by atoms with Crippen molar-refractivity contribution in [2.45, 2.75) is 0 Å². The average Bonchev–Trinajstić information content (AvgIpc) is 2.46. The van der Waals surface area contributed by atoms with E-state index >= 15 is 0 Å². The Morgan fingerprint density at radius 2 is 2.46 bits per heavy atom. The van der Waals surface area contributed by atoms with Gasteiger partial charge >= 0.3 is 17.5 Å². The molecule has 0 bridgehead atoms. The largest absolute Gasteiger partial charge is 0.382 e. The van der Waals surface area contributed by atoms with Crippen LogP contribution in [0, 0.1) is 10.1 Å². The number of amides is 1. The summed E-state index contributed by atoms with van der Waals surface area (Å²) in [6, 6.07) is 0. The maximum Gasteiger partial charge on any atom is 0.382 e. The van der Waals surface area contributed by atoms with Gasteiger partial charge in [-0.05, 0) is 9.91 Å². The number of hydrazine groups is 1. The molecule has 0 saturated heterocycles. The smallest absolute Gasteiger partial charge is 0.358 e. The highest BCUT2D eigenvalue weighted by molar-refractivity contribution is 5.90. The van der Waals surface area contributed by atoms with Crippen LogP contribution in [0.3, 0.4) is 0 Å². The first-order chi connectivity index (χ1) is 6.06. The molecule has 0 unspecified atom stereocenters. The van der Waals surface area contributed by atoms with Crippen LogP contribution in [0.5, 0.6) is 0 Å². The lowest BCUT2D eigenvalue weighted by Crippen LogP contribution is -2.32. The molecule has 0 aliphatic heterocycles. The standard InChI is InChI=1S/C5H7N5O3/c1-9-2-3(10(12)13)7-4(9)5(11)8-6/h2H,6H2,1H3,(H,8,11). The Kier molecular flexibility index (Phi) is 2.24. The molecule has 1 aromatic heterocycles. The third kappa shape index (κ3) is 1.62. The lowest BCUT2D eigenvalue weighted by Gasteiger charge is -1.92. The van der Waals surface area contributed by atoms with Crippen LogP contribution in [0.2, 0.25) is 0 Å². The molecule has 0 fully saturated rings. The summed E-state index contributed by atoms with van der Waals surface area (Å²) < 4.78 is 1.22. The van der Waals surface area contributed by atoms with Crippen LogP contribution in [0.1, 0.15) is 10.6 Å². The topological polar surface area (TPSA) is 116 Å². The molecule has 0 saturated carbocycles. The number of imidazole rings is 1. The van der Waals surface area contributed by atoms with E-state index in [0.29, 0.717) is 0 Å². The Labute approximate surface area is 72.5 Å². The maximum atomic E-state index is 10.9. The lowest BCUT2D eigenvalue weighted by atomic mass is 10.6. The number of carbonyl (C=O) groups excluding carboxylic acids is 1. The summed E-state index contributed by atoms with van der Waals surface area (Å²) in [5.74, 6) is 3.67. The first-order valence-corrected chi connectivity index (χ1v) is 3.25. The Balaban J connectivity index is 3.10. The van der Waals surface area contributed by atoms with Crippen molar-refractivity contribution in [2.75, 3.05) is 0 Å². The average molecular weight is 185 g/mol. The third-order valence-electron chi connectivity index (χ3n) is 1.38. The van der Waals surface area contributed by atoms with Crippen molar-refractivity contribution >= 4 is 11.7 Å². The number of hydrogen-bond acceptors (Lipinski definition) is 5. The molecule has 0 spiro atoms. The minimum absolute atomic E-state index is 0.103. The van der Waals surface area contributed by atoms with Crippen LogP contribution in [0.25, 0.3) is 0 Å². The molecule has 8 nitrogen and oxygen atoms in total. The number of hydrogen-bond donors (Lipinski definition) is 2. The summed E-state index contributed by atoms with van der Waals surface area (Å²) in [7, 11) is 1.46. The molecule has 0 aliphatic carbocycles. The molecule has 0 aromatic carbocycles. The van der Waals surface area contributed by atoms with Gasteiger partial charge in [0.15, 0.2) is 0 Å². The lowest BCUT2D eigenvalue weighted by molar-refractivity contribution is -0.389. The van der Waals surface area contributed by atoms with E-state index in [9.17, 15) is 14.9 Å². The Morgan fingerprint density at radius 3 is 2.85 bits per heavy atom. The Morgan fingerprint density at radius 1 is 1.85 bits per heavy atom. The van der Waals surface area contributed by atoms with Crippen molar-refractivity contribution in [2.24, 2.45) is 12.9 Å². The summed E-state index contributed by atoms with van der Waals surface area (Å²) >= 11 is 0. The number of nitrogens with zero attached hydrogens (tertiary/aromatic N) is 3. The van der Waals surface area contributed by atoms with E-state index in [1.165, 1.54) is 11.6 Å². The maximum absolute atomic E-state index is 10.9. The number of rotatable bonds is 2. The Hall–Kier alpha value is -1.96. The molecule has 1 heterocycles. The number of nitro groups is 1. The van der Waals surface area contributed by atoms with Crippen molar-refractivity contribution < 1.29 is 9.72 Å². The van der Waals surface area contributed by atoms with E-state index in [-0.39, 0.29) is 11.6 Å². The molecule has 1 rings (SSSR count). The number of aryl methyl sites for hydroxylation is 1. The highest BCUT2D eigenvalue weighted by Crippen LogP contribution is 2.08. The number of carbonyl (C=O) groups is 1. The molecule has 70 valence electrons. The second-order valence-electron chi connectivity index (χ2n) is 2.26. The van der Waals surface area contributed by atoms with E-state index < -0.39 is 10.8 Å². The highest BCUT2D eigenvalue weighted by atomic mass is 16.6. The first kappa shape index (κ1) is 9.13. The van der Waals surface area contributed by atoms with Gasteiger partial charge in [0.1, 0.15) is 6.20 Å². The van der Waals surface area contributed by atoms with Gasteiger partial charge in [0.25, 0.3) is 0 Å². The van der Waals surface area contributed by atoms with Gasteiger partial charge in [-0.15, -0.1) is 0 Å². The van der Waals surface area contributed by atoms with Gasteiger partial charge < -0.3 is 14.7 Å². The SMILES string of the molecule is Cn1cc([N+](=O)[O-])nc1C(=O)NN. The number of aromatic nitrogens is 2. The summed E-state index contributed by atoms with van der Waals surface area (Å²) in [5.41, 5.74) is 1.83. The molecular formula is C5H7N5O3. The molecule has 13 heavy (non-hydrogen) atoms. The molecular weight excluding hydrogens is 178 g/mol. The van der Waals surface area contributed by atoms with Crippen LogP contribution in [-0.4, -0.2) is 20.4 Å². The minimum Gasteiger partial charge on any atom is -0.358 e. The highest BCUT2D eigenvalue weighted by Gasteiger charge is 2.21. The predicted octanol–water partition coefficient (Wildman–Crippen LogP) is -1.07. The summed E-state index contributed by atoms with van der Waals surface area (Å²) in [6.07, 6.45) is 1.13. The van der Waals surface area contributed by atoms with E-state index in [1.807, 2.05) is 5.43 Å². The first-order valence-electron chi connectivity index (χ1n) is 3.25. The van der Waals surface area contributed by atoms with Crippen LogP contribution < -0.4 is 11.3 Å². The predicted molar refractivity (Wildman–Crippen MR) is 41.5 cm³/mol. The van der Waals surface area contributed by atoms with Gasteiger partial charge in [-0.3, -0.25) is 10.2 Å². The molecule has 1 amide bonds. The molecule has 3 N–H and O–H groups in total. The van der Waals surface area contributed by atoms with Crippen LogP contribution in [0.4, 0.5) is 5.82 Å². The molecule has 0 radical (unpaired) electrons. The van der Waals surface area contributed by atoms with Gasteiger partial charge in [0, 0.05) is 7.05 Å². The van der Waals surface area contributed by atoms with Crippen LogP contribution in [-0.2, 0) is 7.05 Å². The second kappa shape index (κ2) is 3.19. The van der Waals surface area contributed by atoms with Gasteiger partial charge in [0.05, 0.1) is 0 Å². The van der Waals surface area contributed by atoms with Gasteiger partial charge in [-0.1, -0.05) is 0 Å². The fourth-order valence-electron chi connectivity index (χ4n) is 0.814. The quantitative estimate of drug-likeness (QED) is 0.263.